The number of hydrogen-bond donors (Lipinski definition) is 1. The van der Waals surface area contributed by atoms with E-state index in [-0.39, 0.29) is 11.9 Å². The minimum absolute atomic E-state index is 0.0348. The maximum absolute atomic E-state index is 13.1. The van der Waals surface area contributed by atoms with E-state index in [0.717, 1.165) is 23.2 Å². The molecule has 1 nitrogen and oxygen atoms in total. The third-order valence-corrected chi connectivity index (χ3v) is 6.52. The molecule has 96 valence electrons. The Hall–Kier alpha value is 0.250. The van der Waals surface area contributed by atoms with Gasteiger partial charge in [0.15, 0.2) is 0 Å². The van der Waals surface area contributed by atoms with Gasteiger partial charge in [0.25, 0.3) is 0 Å². The summed E-state index contributed by atoms with van der Waals surface area (Å²) in [6.45, 7) is 0. The van der Waals surface area contributed by atoms with E-state index in [1.54, 1.807) is 17.4 Å². The lowest BCUT2D eigenvalue weighted by Crippen LogP contribution is -2.17. The van der Waals surface area contributed by atoms with Gasteiger partial charge < -0.3 is 5.32 Å². The summed E-state index contributed by atoms with van der Waals surface area (Å²) in [5.41, 5.74) is 1.01. The largest absolute Gasteiger partial charge is 0.309 e. The third-order valence-electron chi connectivity index (χ3n) is 2.51. The van der Waals surface area contributed by atoms with E-state index in [0.29, 0.717) is 0 Å². The van der Waals surface area contributed by atoms with Gasteiger partial charge in [-0.05, 0) is 62.7 Å². The molecule has 0 aliphatic rings. The van der Waals surface area contributed by atoms with Crippen LogP contribution in [0.25, 0.3) is 0 Å². The molecule has 2 rings (SSSR count). The van der Waals surface area contributed by atoms with Gasteiger partial charge in [0.2, 0.25) is 0 Å². The Kier molecular flexibility index (Phi) is 4.99. The minimum atomic E-state index is -0.242. The summed E-state index contributed by atoms with van der Waals surface area (Å²) < 4.78 is 16.0. The summed E-state index contributed by atoms with van der Waals surface area (Å²) in [5, 5.41) is 3.25. The van der Waals surface area contributed by atoms with Crippen LogP contribution in [0.3, 0.4) is 0 Å². The van der Waals surface area contributed by atoms with E-state index in [9.17, 15) is 4.39 Å². The zero-order chi connectivity index (χ0) is 13.3. The number of rotatable bonds is 3. The number of hydrogen-bond acceptors (Lipinski definition) is 2. The number of thiophene rings is 1. The molecule has 0 radical (unpaired) electrons. The predicted octanol–water partition coefficient (Wildman–Crippen LogP) is 5.48. The molecule has 0 saturated carbocycles. The first-order chi connectivity index (χ1) is 8.52. The molecule has 0 bridgehead atoms. The molecule has 1 N–H and O–H groups in total. The average Bonchev–Trinajstić information content (AvgIpc) is 2.63. The van der Waals surface area contributed by atoms with Crippen molar-refractivity contribution in [2.45, 2.75) is 6.04 Å². The van der Waals surface area contributed by atoms with Crippen LogP contribution in [0.4, 0.5) is 4.39 Å². The quantitative estimate of drug-likeness (QED) is 0.643. The fourth-order valence-corrected chi connectivity index (χ4v) is 4.49. The molecule has 0 aliphatic heterocycles. The highest BCUT2D eigenvalue weighted by Gasteiger charge is 2.18. The van der Waals surface area contributed by atoms with Crippen molar-refractivity contribution in [3.05, 3.63) is 53.3 Å². The summed E-state index contributed by atoms with van der Waals surface area (Å²) in [6, 6.07) is 6.85. The van der Waals surface area contributed by atoms with Crippen molar-refractivity contribution in [1.29, 1.82) is 0 Å². The molecule has 1 atom stereocenters. The van der Waals surface area contributed by atoms with Crippen molar-refractivity contribution in [3.8, 4) is 0 Å². The van der Waals surface area contributed by atoms with E-state index in [1.807, 2.05) is 7.05 Å². The molecular formula is C12H9Br3FNS. The van der Waals surface area contributed by atoms with Gasteiger partial charge in [0.1, 0.15) is 5.82 Å². The Balaban J connectivity index is 2.45. The SMILES string of the molecule is CNC(c1cc(Br)c(Br)s1)c1ccc(F)cc1Br. The zero-order valence-electron chi connectivity index (χ0n) is 9.31. The lowest BCUT2D eigenvalue weighted by atomic mass is 10.1. The Labute approximate surface area is 134 Å². The first-order valence-electron chi connectivity index (χ1n) is 5.10. The molecule has 1 unspecified atom stereocenters. The Bertz CT molecular complexity index is 551. The number of halogens is 4. The van der Waals surface area contributed by atoms with Crippen LogP contribution in [0.1, 0.15) is 16.5 Å². The third kappa shape index (κ3) is 3.04. The highest BCUT2D eigenvalue weighted by atomic mass is 79.9. The van der Waals surface area contributed by atoms with E-state index in [1.165, 1.54) is 12.1 Å². The highest BCUT2D eigenvalue weighted by Crippen LogP contribution is 2.39. The fraction of sp³-hybridized carbons (Fsp3) is 0.167. The summed E-state index contributed by atoms with van der Waals surface area (Å²) in [6.07, 6.45) is 0. The number of benzene rings is 1. The van der Waals surface area contributed by atoms with Crippen LogP contribution in [0.5, 0.6) is 0 Å². The predicted molar refractivity (Wildman–Crippen MR) is 84.7 cm³/mol. The van der Waals surface area contributed by atoms with E-state index < -0.39 is 0 Å². The normalized spacial score (nSPS) is 12.7. The van der Waals surface area contributed by atoms with Gasteiger partial charge in [-0.1, -0.05) is 22.0 Å². The maximum atomic E-state index is 13.1. The first kappa shape index (κ1) is 14.7. The molecule has 18 heavy (non-hydrogen) atoms. The van der Waals surface area contributed by atoms with Crippen molar-refractivity contribution < 1.29 is 4.39 Å². The van der Waals surface area contributed by atoms with Crippen molar-refractivity contribution in [3.63, 3.8) is 0 Å². The smallest absolute Gasteiger partial charge is 0.124 e. The second kappa shape index (κ2) is 6.13. The maximum Gasteiger partial charge on any atom is 0.124 e. The molecule has 2 aromatic rings. The van der Waals surface area contributed by atoms with Gasteiger partial charge >= 0.3 is 0 Å². The molecule has 1 aromatic carbocycles. The molecule has 0 saturated heterocycles. The molecule has 0 fully saturated rings. The Morgan fingerprint density at radius 3 is 2.39 bits per heavy atom. The van der Waals surface area contributed by atoms with E-state index in [2.05, 4.69) is 59.2 Å². The van der Waals surface area contributed by atoms with Gasteiger partial charge in [-0.25, -0.2) is 4.39 Å². The zero-order valence-corrected chi connectivity index (χ0v) is 14.9. The lowest BCUT2D eigenvalue weighted by molar-refractivity contribution is 0.622. The molecule has 1 aromatic heterocycles. The van der Waals surface area contributed by atoms with Gasteiger partial charge in [0.05, 0.1) is 9.83 Å². The van der Waals surface area contributed by atoms with Crippen LogP contribution in [-0.4, -0.2) is 7.05 Å². The second-order valence-corrected chi connectivity index (χ2v) is 7.77. The monoisotopic (exact) mass is 455 g/mol. The van der Waals surface area contributed by atoms with E-state index in [4.69, 9.17) is 0 Å². The van der Waals surface area contributed by atoms with Crippen LogP contribution in [-0.2, 0) is 0 Å². The topological polar surface area (TPSA) is 12.0 Å². The van der Waals surface area contributed by atoms with Gasteiger partial charge in [-0.3, -0.25) is 0 Å². The van der Waals surface area contributed by atoms with Gasteiger partial charge in [0, 0.05) is 13.8 Å². The minimum Gasteiger partial charge on any atom is -0.309 e. The van der Waals surface area contributed by atoms with Gasteiger partial charge in [-0.2, -0.15) is 0 Å². The molecule has 1 heterocycles. The first-order valence-corrected chi connectivity index (χ1v) is 8.29. The van der Waals surface area contributed by atoms with Crippen LogP contribution in [0.2, 0.25) is 0 Å². The van der Waals surface area contributed by atoms with Crippen LogP contribution >= 0.6 is 59.1 Å². The highest BCUT2D eigenvalue weighted by molar-refractivity contribution is 9.13. The van der Waals surface area contributed by atoms with Crippen LogP contribution in [0.15, 0.2) is 37.0 Å². The standard InChI is InChI=1S/C12H9Br3FNS/c1-17-11(10-5-9(14)12(15)18-10)7-3-2-6(16)4-8(7)13/h2-5,11,17H,1H3. The number of nitrogens with one attached hydrogen (secondary N) is 1. The van der Waals surface area contributed by atoms with Crippen LogP contribution in [0, 0.1) is 5.82 Å². The fourth-order valence-electron chi connectivity index (χ4n) is 1.69. The molecular weight excluding hydrogens is 449 g/mol. The van der Waals surface area contributed by atoms with Crippen molar-refractivity contribution in [2.75, 3.05) is 7.05 Å². The molecule has 0 aliphatic carbocycles. The van der Waals surface area contributed by atoms with Gasteiger partial charge in [-0.15, -0.1) is 11.3 Å². The van der Waals surface area contributed by atoms with E-state index >= 15 is 0 Å². The lowest BCUT2D eigenvalue weighted by Gasteiger charge is -2.16. The van der Waals surface area contributed by atoms with Crippen LogP contribution < -0.4 is 5.32 Å². The summed E-state index contributed by atoms with van der Waals surface area (Å²) in [4.78, 5) is 1.16. The van der Waals surface area contributed by atoms with Crippen molar-refractivity contribution in [2.24, 2.45) is 0 Å². The van der Waals surface area contributed by atoms with Crippen molar-refractivity contribution >= 4 is 59.1 Å². The Morgan fingerprint density at radius 2 is 1.89 bits per heavy atom. The average molecular weight is 458 g/mol. The van der Waals surface area contributed by atoms with Crippen molar-refractivity contribution in [1.82, 2.24) is 5.32 Å². The summed E-state index contributed by atoms with van der Waals surface area (Å²) >= 11 is 12.0. The molecule has 0 amide bonds. The molecule has 6 heteroatoms. The Morgan fingerprint density at radius 1 is 1.17 bits per heavy atom. The molecule has 0 spiro atoms. The second-order valence-electron chi connectivity index (χ2n) is 3.66. The summed E-state index contributed by atoms with van der Waals surface area (Å²) in [5.74, 6) is -0.242. The summed E-state index contributed by atoms with van der Waals surface area (Å²) in [7, 11) is 1.89.